The number of anilines is 2. The molecule has 0 aliphatic rings. The summed E-state index contributed by atoms with van der Waals surface area (Å²) in [7, 11) is -3.97. The highest BCUT2D eigenvalue weighted by molar-refractivity contribution is 7.92. The Kier molecular flexibility index (Phi) is 5.33. The molecule has 0 spiro atoms. The van der Waals surface area contributed by atoms with Crippen molar-refractivity contribution in [2.75, 3.05) is 10.0 Å². The highest BCUT2D eigenvalue weighted by Crippen LogP contribution is 2.25. The molecule has 3 aromatic carbocycles. The molecule has 4 aromatic rings. The quantitative estimate of drug-likeness (QED) is 0.478. The SMILES string of the molecule is Cc1ccc(CNc2nc3ccccc3nc2NS(=O)(=O)c2ccc(F)cc2)cc1. The van der Waals surface area contributed by atoms with Gasteiger partial charge < -0.3 is 5.32 Å². The molecule has 0 saturated carbocycles. The van der Waals surface area contributed by atoms with E-state index in [0.29, 0.717) is 23.4 Å². The van der Waals surface area contributed by atoms with Gasteiger partial charge in [-0.05, 0) is 48.9 Å². The molecule has 1 heterocycles. The number of aryl methyl sites for hydroxylation is 1. The van der Waals surface area contributed by atoms with Crippen molar-refractivity contribution in [3.63, 3.8) is 0 Å². The van der Waals surface area contributed by atoms with Gasteiger partial charge >= 0.3 is 0 Å². The van der Waals surface area contributed by atoms with Gasteiger partial charge in [-0.25, -0.2) is 22.8 Å². The van der Waals surface area contributed by atoms with E-state index in [1.165, 1.54) is 12.1 Å². The second-order valence-electron chi connectivity index (χ2n) is 6.81. The molecule has 4 rings (SSSR count). The van der Waals surface area contributed by atoms with Crippen LogP contribution in [0.2, 0.25) is 0 Å². The Bertz CT molecular complexity index is 1290. The Hall–Kier alpha value is -3.52. The predicted molar refractivity (Wildman–Crippen MR) is 115 cm³/mol. The molecule has 0 amide bonds. The minimum Gasteiger partial charge on any atom is -0.363 e. The maximum absolute atomic E-state index is 13.2. The highest BCUT2D eigenvalue weighted by atomic mass is 32.2. The van der Waals surface area contributed by atoms with Crippen LogP contribution in [0.25, 0.3) is 11.0 Å². The van der Waals surface area contributed by atoms with Crippen LogP contribution >= 0.6 is 0 Å². The summed E-state index contributed by atoms with van der Waals surface area (Å²) in [5, 5.41) is 3.16. The minimum atomic E-state index is -3.97. The molecule has 0 aliphatic carbocycles. The second kappa shape index (κ2) is 8.08. The maximum Gasteiger partial charge on any atom is 0.263 e. The van der Waals surface area contributed by atoms with Crippen molar-refractivity contribution in [3.05, 3.63) is 89.7 Å². The van der Waals surface area contributed by atoms with E-state index < -0.39 is 15.8 Å². The molecular weight excluding hydrogens is 403 g/mol. The number of hydrogen-bond donors (Lipinski definition) is 2. The number of benzene rings is 3. The fourth-order valence-electron chi connectivity index (χ4n) is 2.89. The van der Waals surface area contributed by atoms with Crippen LogP contribution in [0, 0.1) is 12.7 Å². The van der Waals surface area contributed by atoms with E-state index in [0.717, 1.165) is 23.3 Å². The van der Waals surface area contributed by atoms with Crippen LogP contribution in [-0.4, -0.2) is 18.4 Å². The molecule has 8 heteroatoms. The first-order valence-corrected chi connectivity index (χ1v) is 10.7. The summed E-state index contributed by atoms with van der Waals surface area (Å²) in [6.45, 7) is 2.45. The van der Waals surface area contributed by atoms with Crippen molar-refractivity contribution < 1.29 is 12.8 Å². The number of nitrogens with one attached hydrogen (secondary N) is 2. The minimum absolute atomic E-state index is 0.0663. The number of halogens is 1. The third-order valence-corrected chi connectivity index (χ3v) is 5.86. The summed E-state index contributed by atoms with van der Waals surface area (Å²) in [6.07, 6.45) is 0. The summed E-state index contributed by atoms with van der Waals surface area (Å²) in [4.78, 5) is 8.91. The van der Waals surface area contributed by atoms with Gasteiger partial charge in [0.15, 0.2) is 11.6 Å². The van der Waals surface area contributed by atoms with Crippen LogP contribution in [-0.2, 0) is 16.6 Å². The van der Waals surface area contributed by atoms with E-state index in [2.05, 4.69) is 20.0 Å². The normalized spacial score (nSPS) is 11.4. The Morgan fingerprint density at radius 1 is 0.833 bits per heavy atom. The van der Waals surface area contributed by atoms with E-state index >= 15 is 0 Å². The van der Waals surface area contributed by atoms with E-state index in [9.17, 15) is 12.8 Å². The van der Waals surface area contributed by atoms with Crippen LogP contribution in [0.5, 0.6) is 0 Å². The fourth-order valence-corrected chi connectivity index (χ4v) is 3.90. The Morgan fingerprint density at radius 3 is 2.07 bits per heavy atom. The van der Waals surface area contributed by atoms with Crippen molar-refractivity contribution in [2.45, 2.75) is 18.4 Å². The van der Waals surface area contributed by atoms with Gasteiger partial charge in [0.2, 0.25) is 0 Å². The molecule has 0 bridgehead atoms. The van der Waals surface area contributed by atoms with E-state index in [-0.39, 0.29) is 10.7 Å². The van der Waals surface area contributed by atoms with Crippen molar-refractivity contribution in [1.29, 1.82) is 0 Å². The molecule has 0 unspecified atom stereocenters. The number of nitrogens with zero attached hydrogens (tertiary/aromatic N) is 2. The number of aromatic nitrogens is 2. The summed E-state index contributed by atoms with van der Waals surface area (Å²) >= 11 is 0. The summed E-state index contributed by atoms with van der Waals surface area (Å²) in [5.41, 5.74) is 3.35. The maximum atomic E-state index is 13.2. The van der Waals surface area contributed by atoms with Crippen LogP contribution in [0.1, 0.15) is 11.1 Å². The van der Waals surface area contributed by atoms with Gasteiger partial charge in [0.25, 0.3) is 10.0 Å². The second-order valence-corrected chi connectivity index (χ2v) is 8.49. The average molecular weight is 422 g/mol. The number of sulfonamides is 1. The lowest BCUT2D eigenvalue weighted by atomic mass is 10.1. The number of para-hydroxylation sites is 2. The lowest BCUT2D eigenvalue weighted by Gasteiger charge is -2.14. The number of hydrogen-bond acceptors (Lipinski definition) is 5. The van der Waals surface area contributed by atoms with Gasteiger partial charge in [-0.2, -0.15) is 0 Å². The monoisotopic (exact) mass is 422 g/mol. The zero-order valence-corrected chi connectivity index (χ0v) is 16.9. The largest absolute Gasteiger partial charge is 0.363 e. The van der Waals surface area contributed by atoms with E-state index in [4.69, 9.17) is 0 Å². The summed E-state index contributed by atoms with van der Waals surface area (Å²) < 4.78 is 41.2. The first kappa shape index (κ1) is 19.8. The van der Waals surface area contributed by atoms with Crippen molar-refractivity contribution in [1.82, 2.24) is 9.97 Å². The van der Waals surface area contributed by atoms with Crippen LogP contribution in [0.3, 0.4) is 0 Å². The van der Waals surface area contributed by atoms with Crippen LogP contribution in [0.4, 0.5) is 16.0 Å². The van der Waals surface area contributed by atoms with E-state index in [1.54, 1.807) is 18.2 Å². The smallest absolute Gasteiger partial charge is 0.263 e. The van der Waals surface area contributed by atoms with Crippen LogP contribution < -0.4 is 10.0 Å². The third-order valence-electron chi connectivity index (χ3n) is 4.51. The molecule has 0 saturated heterocycles. The topological polar surface area (TPSA) is 84.0 Å². The van der Waals surface area contributed by atoms with Gasteiger partial charge in [-0.1, -0.05) is 42.0 Å². The zero-order chi connectivity index (χ0) is 21.1. The number of fused-ring (bicyclic) bond motifs is 1. The zero-order valence-electron chi connectivity index (χ0n) is 16.1. The predicted octanol–water partition coefficient (Wildman–Crippen LogP) is 4.49. The van der Waals surface area contributed by atoms with Crippen molar-refractivity contribution >= 4 is 32.7 Å². The Morgan fingerprint density at radius 2 is 1.43 bits per heavy atom. The molecule has 0 radical (unpaired) electrons. The van der Waals surface area contributed by atoms with Crippen molar-refractivity contribution in [3.8, 4) is 0 Å². The molecule has 152 valence electrons. The first-order chi connectivity index (χ1) is 14.4. The van der Waals surface area contributed by atoms with Gasteiger partial charge in [0.1, 0.15) is 5.82 Å². The van der Waals surface area contributed by atoms with Gasteiger partial charge in [0.05, 0.1) is 15.9 Å². The summed E-state index contributed by atoms with van der Waals surface area (Å²) in [5.74, 6) is -0.134. The molecule has 0 fully saturated rings. The fraction of sp³-hybridized carbons (Fsp3) is 0.0909. The lowest BCUT2D eigenvalue weighted by Crippen LogP contribution is -2.16. The molecule has 1 aromatic heterocycles. The molecule has 2 N–H and O–H groups in total. The highest BCUT2D eigenvalue weighted by Gasteiger charge is 2.19. The Labute approximate surface area is 173 Å². The first-order valence-electron chi connectivity index (χ1n) is 9.25. The third kappa shape index (κ3) is 4.38. The Balaban J connectivity index is 1.68. The molecular formula is C22H19FN4O2S. The summed E-state index contributed by atoms with van der Waals surface area (Å²) in [6, 6.07) is 19.8. The molecule has 0 aliphatic heterocycles. The molecule has 0 atom stereocenters. The van der Waals surface area contributed by atoms with Gasteiger partial charge in [0, 0.05) is 6.54 Å². The average Bonchev–Trinajstić information content (AvgIpc) is 2.73. The van der Waals surface area contributed by atoms with Crippen LogP contribution in [0.15, 0.2) is 77.7 Å². The van der Waals surface area contributed by atoms with Crippen molar-refractivity contribution in [2.24, 2.45) is 0 Å². The van der Waals surface area contributed by atoms with Gasteiger partial charge in [-0.15, -0.1) is 0 Å². The standard InChI is InChI=1S/C22H19FN4O2S/c1-15-6-8-16(9-7-15)14-24-21-22(26-20-5-3-2-4-19(20)25-21)27-30(28,29)18-12-10-17(23)11-13-18/h2-13H,14H2,1H3,(H,24,25)(H,26,27). The molecule has 6 nitrogen and oxygen atoms in total. The lowest BCUT2D eigenvalue weighted by molar-refractivity contribution is 0.599. The van der Waals surface area contributed by atoms with Gasteiger partial charge in [-0.3, -0.25) is 4.72 Å². The van der Waals surface area contributed by atoms with E-state index in [1.807, 2.05) is 37.3 Å². The molecule has 30 heavy (non-hydrogen) atoms. The number of rotatable bonds is 6.